The molecular formula is C15H24N4O2. The molecule has 0 aromatic carbocycles. The van der Waals surface area contributed by atoms with Crippen molar-refractivity contribution in [2.45, 2.75) is 6.10 Å². The summed E-state index contributed by atoms with van der Waals surface area (Å²) >= 11 is 0. The van der Waals surface area contributed by atoms with Crippen molar-refractivity contribution in [1.82, 2.24) is 15.2 Å². The monoisotopic (exact) mass is 292 g/mol. The van der Waals surface area contributed by atoms with Crippen LogP contribution in [-0.2, 0) is 4.74 Å². The van der Waals surface area contributed by atoms with Gasteiger partial charge in [-0.05, 0) is 7.05 Å². The summed E-state index contributed by atoms with van der Waals surface area (Å²) in [4.78, 5) is 8.91. The zero-order chi connectivity index (χ0) is 14.5. The molecule has 21 heavy (non-hydrogen) atoms. The number of hydrogen-bond acceptors (Lipinski definition) is 6. The molecule has 0 aliphatic carbocycles. The van der Waals surface area contributed by atoms with Gasteiger partial charge in [0.15, 0.2) is 0 Å². The van der Waals surface area contributed by atoms with E-state index in [1.807, 2.05) is 6.20 Å². The predicted octanol–water partition coefficient (Wildman–Crippen LogP) is 0.201. The highest BCUT2D eigenvalue weighted by atomic mass is 16.5. The molecule has 2 fully saturated rings. The minimum atomic E-state index is 0.145. The number of rotatable bonds is 4. The van der Waals surface area contributed by atoms with Gasteiger partial charge in [0.2, 0.25) is 0 Å². The SMILES string of the molecule is CN1CCOC(COc2cncc(N3CCNCC3)c2)C1. The Hall–Kier alpha value is -1.37. The molecule has 2 saturated heterocycles. The van der Waals surface area contributed by atoms with Crippen LogP contribution in [0.5, 0.6) is 5.75 Å². The third kappa shape index (κ3) is 4.06. The van der Waals surface area contributed by atoms with Crippen molar-refractivity contribution in [1.29, 1.82) is 0 Å². The molecule has 1 N–H and O–H groups in total. The van der Waals surface area contributed by atoms with E-state index < -0.39 is 0 Å². The zero-order valence-electron chi connectivity index (χ0n) is 12.6. The number of nitrogens with one attached hydrogen (secondary N) is 1. The number of pyridine rings is 1. The van der Waals surface area contributed by atoms with Gasteiger partial charge in [0, 0.05) is 45.3 Å². The number of nitrogens with zero attached hydrogens (tertiary/aromatic N) is 3. The van der Waals surface area contributed by atoms with E-state index in [4.69, 9.17) is 9.47 Å². The number of hydrogen-bond donors (Lipinski definition) is 1. The molecule has 2 aliphatic rings. The first kappa shape index (κ1) is 14.6. The van der Waals surface area contributed by atoms with Crippen LogP contribution in [-0.4, -0.2) is 75.5 Å². The molecule has 0 saturated carbocycles. The summed E-state index contributed by atoms with van der Waals surface area (Å²) in [7, 11) is 2.11. The van der Waals surface area contributed by atoms with Gasteiger partial charge in [-0.1, -0.05) is 0 Å². The Morgan fingerprint density at radius 1 is 1.33 bits per heavy atom. The van der Waals surface area contributed by atoms with Crippen molar-refractivity contribution in [2.24, 2.45) is 0 Å². The first-order chi connectivity index (χ1) is 10.3. The summed E-state index contributed by atoms with van der Waals surface area (Å²) in [5, 5.41) is 3.36. The van der Waals surface area contributed by atoms with Gasteiger partial charge in [0.1, 0.15) is 18.5 Å². The highest BCUT2D eigenvalue weighted by Crippen LogP contribution is 2.20. The minimum Gasteiger partial charge on any atom is -0.489 e. The van der Waals surface area contributed by atoms with E-state index in [-0.39, 0.29) is 6.10 Å². The molecule has 0 bridgehead atoms. The second-order valence-electron chi connectivity index (χ2n) is 5.68. The Kier molecular flexibility index (Phi) is 4.90. The molecule has 3 heterocycles. The van der Waals surface area contributed by atoms with E-state index in [1.54, 1.807) is 6.20 Å². The fourth-order valence-electron chi connectivity index (χ4n) is 2.74. The first-order valence-electron chi connectivity index (χ1n) is 7.65. The number of aromatic nitrogens is 1. The van der Waals surface area contributed by atoms with Crippen molar-refractivity contribution in [3.8, 4) is 5.75 Å². The zero-order valence-corrected chi connectivity index (χ0v) is 12.6. The largest absolute Gasteiger partial charge is 0.489 e. The Morgan fingerprint density at radius 3 is 3.00 bits per heavy atom. The summed E-state index contributed by atoms with van der Waals surface area (Å²) in [6.07, 6.45) is 3.83. The van der Waals surface area contributed by atoms with Crippen molar-refractivity contribution in [2.75, 3.05) is 64.4 Å². The maximum absolute atomic E-state index is 5.87. The second kappa shape index (κ2) is 7.06. The number of ether oxygens (including phenoxy) is 2. The van der Waals surface area contributed by atoms with Gasteiger partial charge in [0.25, 0.3) is 0 Å². The van der Waals surface area contributed by atoms with E-state index in [0.717, 1.165) is 57.3 Å². The van der Waals surface area contributed by atoms with Crippen LogP contribution in [0.4, 0.5) is 5.69 Å². The fraction of sp³-hybridized carbons (Fsp3) is 0.667. The smallest absolute Gasteiger partial charge is 0.139 e. The molecule has 0 amide bonds. The van der Waals surface area contributed by atoms with Gasteiger partial charge in [-0.2, -0.15) is 0 Å². The predicted molar refractivity (Wildman–Crippen MR) is 82.1 cm³/mol. The maximum atomic E-state index is 5.87. The van der Waals surface area contributed by atoms with E-state index in [2.05, 4.69) is 33.2 Å². The molecule has 1 aromatic rings. The van der Waals surface area contributed by atoms with Gasteiger partial charge in [0.05, 0.1) is 24.7 Å². The summed E-state index contributed by atoms with van der Waals surface area (Å²) < 4.78 is 11.6. The molecule has 116 valence electrons. The average molecular weight is 292 g/mol. The lowest BCUT2D eigenvalue weighted by Crippen LogP contribution is -2.43. The van der Waals surface area contributed by atoms with Gasteiger partial charge in [-0.25, -0.2) is 0 Å². The molecule has 1 atom stereocenters. The lowest BCUT2D eigenvalue weighted by molar-refractivity contribution is -0.0403. The summed E-state index contributed by atoms with van der Waals surface area (Å²) in [5.74, 6) is 0.822. The Labute approximate surface area is 126 Å². The Bertz CT molecular complexity index is 451. The molecule has 1 unspecified atom stereocenters. The topological polar surface area (TPSA) is 49.9 Å². The standard InChI is InChI=1S/C15H24N4O2/c1-18-6-7-20-15(11-18)12-21-14-8-13(9-17-10-14)19-4-2-16-3-5-19/h8-10,15-16H,2-7,11-12H2,1H3. The average Bonchev–Trinajstić information content (AvgIpc) is 2.54. The molecule has 2 aliphatic heterocycles. The molecule has 0 spiro atoms. The van der Waals surface area contributed by atoms with Crippen LogP contribution >= 0.6 is 0 Å². The molecule has 1 aromatic heterocycles. The second-order valence-corrected chi connectivity index (χ2v) is 5.68. The van der Waals surface area contributed by atoms with Gasteiger partial charge in [-0.3, -0.25) is 4.98 Å². The van der Waals surface area contributed by atoms with E-state index in [1.165, 1.54) is 0 Å². The number of morpholine rings is 1. The number of likely N-dealkylation sites (N-methyl/N-ethyl adjacent to an activating group) is 1. The molecule has 3 rings (SSSR count). The summed E-state index contributed by atoms with van der Waals surface area (Å²) in [6.45, 7) is 7.35. The number of anilines is 1. The van der Waals surface area contributed by atoms with Crippen LogP contribution in [0, 0.1) is 0 Å². The molecule has 6 heteroatoms. The Balaban J connectivity index is 1.55. The van der Waals surface area contributed by atoms with Gasteiger partial charge >= 0.3 is 0 Å². The normalized spacial score (nSPS) is 24.0. The first-order valence-corrected chi connectivity index (χ1v) is 7.65. The summed E-state index contributed by atoms with van der Waals surface area (Å²) in [6, 6.07) is 2.07. The van der Waals surface area contributed by atoms with E-state index in [9.17, 15) is 0 Å². The third-order valence-electron chi connectivity index (χ3n) is 3.96. The molecule has 6 nitrogen and oxygen atoms in total. The molecular weight excluding hydrogens is 268 g/mol. The lowest BCUT2D eigenvalue weighted by Gasteiger charge is -2.30. The lowest BCUT2D eigenvalue weighted by atomic mass is 10.3. The molecule has 0 radical (unpaired) electrons. The van der Waals surface area contributed by atoms with Crippen molar-refractivity contribution >= 4 is 5.69 Å². The Morgan fingerprint density at radius 2 is 2.19 bits per heavy atom. The van der Waals surface area contributed by atoms with Crippen LogP contribution < -0.4 is 15.0 Å². The van der Waals surface area contributed by atoms with Crippen LogP contribution in [0.1, 0.15) is 0 Å². The van der Waals surface area contributed by atoms with Gasteiger partial charge in [-0.15, -0.1) is 0 Å². The van der Waals surface area contributed by atoms with Crippen LogP contribution in [0.15, 0.2) is 18.5 Å². The van der Waals surface area contributed by atoms with Crippen molar-refractivity contribution in [3.05, 3.63) is 18.5 Å². The van der Waals surface area contributed by atoms with E-state index in [0.29, 0.717) is 6.61 Å². The highest BCUT2D eigenvalue weighted by molar-refractivity contribution is 5.48. The van der Waals surface area contributed by atoms with Crippen molar-refractivity contribution < 1.29 is 9.47 Å². The fourth-order valence-corrected chi connectivity index (χ4v) is 2.74. The van der Waals surface area contributed by atoms with Crippen LogP contribution in [0.2, 0.25) is 0 Å². The van der Waals surface area contributed by atoms with Crippen LogP contribution in [0.3, 0.4) is 0 Å². The highest BCUT2D eigenvalue weighted by Gasteiger charge is 2.18. The van der Waals surface area contributed by atoms with Gasteiger partial charge < -0.3 is 24.6 Å². The van der Waals surface area contributed by atoms with E-state index >= 15 is 0 Å². The third-order valence-corrected chi connectivity index (χ3v) is 3.96. The van der Waals surface area contributed by atoms with Crippen LogP contribution in [0.25, 0.3) is 0 Å². The number of piperazine rings is 1. The maximum Gasteiger partial charge on any atom is 0.139 e. The minimum absolute atomic E-state index is 0.145. The summed E-state index contributed by atoms with van der Waals surface area (Å²) in [5.41, 5.74) is 1.13. The van der Waals surface area contributed by atoms with Crippen molar-refractivity contribution in [3.63, 3.8) is 0 Å². The quantitative estimate of drug-likeness (QED) is 0.856.